The molecule has 1 amide bonds. The van der Waals surface area contributed by atoms with Gasteiger partial charge in [-0.3, -0.25) is 4.79 Å². The molecule has 1 aromatic carbocycles. The first-order chi connectivity index (χ1) is 11.2. The topological polar surface area (TPSA) is 50.8 Å². The Bertz CT molecular complexity index is 482. The number of likely N-dealkylation sites (tertiary alicyclic amines) is 1. The Morgan fingerprint density at radius 2 is 1.92 bits per heavy atom. The Morgan fingerprint density at radius 3 is 2.54 bits per heavy atom. The lowest BCUT2D eigenvalue weighted by atomic mass is 10.2. The molecule has 0 aromatic heterocycles. The molecule has 0 radical (unpaired) electrons. The lowest BCUT2D eigenvalue weighted by Crippen LogP contribution is -2.40. The third kappa shape index (κ3) is 6.21. The Hall–Kier alpha value is -1.46. The molecule has 6 heteroatoms. The van der Waals surface area contributed by atoms with Crippen molar-refractivity contribution in [3.8, 4) is 11.5 Å². The summed E-state index contributed by atoms with van der Waals surface area (Å²) in [6.45, 7) is 4.96. The maximum absolute atomic E-state index is 12.3. The minimum atomic E-state index is 0. The second kappa shape index (κ2) is 11.2. The van der Waals surface area contributed by atoms with Gasteiger partial charge in [0.1, 0.15) is 11.5 Å². The molecule has 1 unspecified atom stereocenters. The van der Waals surface area contributed by atoms with Crippen LogP contribution < -0.4 is 14.8 Å². The van der Waals surface area contributed by atoms with Gasteiger partial charge in [0.25, 0.3) is 0 Å². The summed E-state index contributed by atoms with van der Waals surface area (Å²) >= 11 is 0. The lowest BCUT2D eigenvalue weighted by Gasteiger charge is -2.24. The second-order valence-electron chi connectivity index (χ2n) is 5.80. The largest absolute Gasteiger partial charge is 0.494 e. The molecule has 0 bridgehead atoms. The van der Waals surface area contributed by atoms with E-state index in [0.29, 0.717) is 25.7 Å². The zero-order valence-electron chi connectivity index (χ0n) is 14.6. The van der Waals surface area contributed by atoms with Crippen LogP contribution in [0.15, 0.2) is 24.3 Å². The van der Waals surface area contributed by atoms with E-state index in [-0.39, 0.29) is 18.3 Å². The van der Waals surface area contributed by atoms with Crippen molar-refractivity contribution >= 4 is 18.3 Å². The maximum atomic E-state index is 12.3. The second-order valence-corrected chi connectivity index (χ2v) is 5.80. The molecular weight excluding hydrogens is 328 g/mol. The number of nitrogens with zero attached hydrogens (tertiary/aromatic N) is 1. The molecular formula is C18H29ClN2O3. The summed E-state index contributed by atoms with van der Waals surface area (Å²) in [6, 6.07) is 7.96. The van der Waals surface area contributed by atoms with Gasteiger partial charge in [-0.05, 0) is 57.5 Å². The van der Waals surface area contributed by atoms with Crippen LogP contribution >= 0.6 is 12.4 Å². The molecule has 1 aliphatic heterocycles. The van der Waals surface area contributed by atoms with Crippen molar-refractivity contribution in [2.75, 3.05) is 33.4 Å². The fourth-order valence-electron chi connectivity index (χ4n) is 2.97. The molecule has 24 heavy (non-hydrogen) atoms. The quantitative estimate of drug-likeness (QED) is 0.691. The number of rotatable bonds is 9. The van der Waals surface area contributed by atoms with Crippen molar-refractivity contribution in [3.63, 3.8) is 0 Å². The summed E-state index contributed by atoms with van der Waals surface area (Å²) in [5, 5.41) is 3.17. The van der Waals surface area contributed by atoms with Gasteiger partial charge < -0.3 is 19.7 Å². The molecule has 0 aliphatic carbocycles. The number of benzene rings is 1. The third-order valence-electron chi connectivity index (χ3n) is 4.08. The van der Waals surface area contributed by atoms with E-state index in [1.807, 2.05) is 43.1 Å². The Labute approximate surface area is 151 Å². The monoisotopic (exact) mass is 356 g/mol. The van der Waals surface area contributed by atoms with Gasteiger partial charge in [0.15, 0.2) is 0 Å². The van der Waals surface area contributed by atoms with E-state index in [1.54, 1.807) is 0 Å². The van der Waals surface area contributed by atoms with Crippen LogP contribution in [0.5, 0.6) is 11.5 Å². The zero-order chi connectivity index (χ0) is 16.5. The fourth-order valence-corrected chi connectivity index (χ4v) is 2.97. The van der Waals surface area contributed by atoms with E-state index in [9.17, 15) is 4.79 Å². The molecule has 136 valence electrons. The standard InChI is InChI=1S/C18H28N2O3.ClH/c1-3-22-16-8-10-17(11-9-16)23-13-5-7-18(21)20-12-4-6-15(20)14-19-2;/h8-11,15,19H,3-7,12-14H2,1-2H3;1H. The van der Waals surface area contributed by atoms with Crippen LogP contribution in [-0.4, -0.2) is 50.2 Å². The summed E-state index contributed by atoms with van der Waals surface area (Å²) in [6.07, 6.45) is 3.52. The van der Waals surface area contributed by atoms with Crippen LogP contribution in [0.3, 0.4) is 0 Å². The third-order valence-corrected chi connectivity index (χ3v) is 4.08. The number of halogens is 1. The van der Waals surface area contributed by atoms with E-state index < -0.39 is 0 Å². The number of hydrogen-bond acceptors (Lipinski definition) is 4. The Morgan fingerprint density at radius 1 is 1.25 bits per heavy atom. The van der Waals surface area contributed by atoms with Crippen molar-refractivity contribution in [1.29, 1.82) is 0 Å². The number of ether oxygens (including phenoxy) is 2. The van der Waals surface area contributed by atoms with Crippen molar-refractivity contribution in [2.24, 2.45) is 0 Å². The predicted octanol–water partition coefficient (Wildman–Crippen LogP) is 2.88. The van der Waals surface area contributed by atoms with Crippen LogP contribution in [-0.2, 0) is 4.79 Å². The number of carbonyl (C=O) groups excluding carboxylic acids is 1. The molecule has 1 atom stereocenters. The molecule has 1 aliphatic rings. The van der Waals surface area contributed by atoms with E-state index in [1.165, 1.54) is 0 Å². The number of carbonyl (C=O) groups is 1. The van der Waals surface area contributed by atoms with E-state index in [2.05, 4.69) is 5.32 Å². The van der Waals surface area contributed by atoms with Crippen LogP contribution in [0.2, 0.25) is 0 Å². The van der Waals surface area contributed by atoms with Gasteiger partial charge in [-0.2, -0.15) is 0 Å². The van der Waals surface area contributed by atoms with E-state index in [4.69, 9.17) is 9.47 Å². The summed E-state index contributed by atoms with van der Waals surface area (Å²) in [4.78, 5) is 14.3. The summed E-state index contributed by atoms with van der Waals surface area (Å²) < 4.78 is 11.1. The highest BCUT2D eigenvalue weighted by atomic mass is 35.5. The van der Waals surface area contributed by atoms with Crippen molar-refractivity contribution in [1.82, 2.24) is 10.2 Å². The van der Waals surface area contributed by atoms with Crippen LogP contribution in [0.4, 0.5) is 0 Å². The minimum absolute atomic E-state index is 0. The van der Waals surface area contributed by atoms with Gasteiger partial charge >= 0.3 is 0 Å². The number of amides is 1. The molecule has 5 nitrogen and oxygen atoms in total. The first-order valence-electron chi connectivity index (χ1n) is 8.54. The highest BCUT2D eigenvalue weighted by Crippen LogP contribution is 2.19. The molecule has 1 aromatic rings. The maximum Gasteiger partial charge on any atom is 0.222 e. The van der Waals surface area contributed by atoms with Gasteiger partial charge in [0, 0.05) is 25.6 Å². The lowest BCUT2D eigenvalue weighted by molar-refractivity contribution is -0.132. The molecule has 0 spiro atoms. The van der Waals surface area contributed by atoms with Crippen LogP contribution in [0.1, 0.15) is 32.6 Å². The average molecular weight is 357 g/mol. The molecule has 0 saturated carbocycles. The van der Waals surface area contributed by atoms with Crippen LogP contribution in [0, 0.1) is 0 Å². The van der Waals surface area contributed by atoms with Gasteiger partial charge in [0.2, 0.25) is 5.91 Å². The fraction of sp³-hybridized carbons (Fsp3) is 0.611. The first kappa shape index (κ1) is 20.6. The van der Waals surface area contributed by atoms with Crippen molar-refractivity contribution in [3.05, 3.63) is 24.3 Å². The molecule has 1 N–H and O–H groups in total. The summed E-state index contributed by atoms with van der Waals surface area (Å²) in [7, 11) is 1.94. The molecule has 1 fully saturated rings. The number of hydrogen-bond donors (Lipinski definition) is 1. The van der Waals surface area contributed by atoms with Gasteiger partial charge in [-0.15, -0.1) is 12.4 Å². The normalized spacial score (nSPS) is 16.6. The smallest absolute Gasteiger partial charge is 0.222 e. The SMILES string of the molecule is CCOc1ccc(OCCCC(=O)N2CCCC2CNC)cc1.Cl. The number of likely N-dealkylation sites (N-methyl/N-ethyl adjacent to an activating group) is 1. The zero-order valence-corrected chi connectivity index (χ0v) is 15.4. The Kier molecular flexibility index (Phi) is 9.57. The van der Waals surface area contributed by atoms with Gasteiger partial charge in [0.05, 0.1) is 13.2 Å². The first-order valence-corrected chi connectivity index (χ1v) is 8.54. The molecule has 2 rings (SSSR count). The van der Waals surface area contributed by atoms with Crippen LogP contribution in [0.25, 0.3) is 0 Å². The van der Waals surface area contributed by atoms with Crippen molar-refractivity contribution in [2.45, 2.75) is 38.6 Å². The Balaban J connectivity index is 0.00000288. The van der Waals surface area contributed by atoms with E-state index >= 15 is 0 Å². The van der Waals surface area contributed by atoms with Gasteiger partial charge in [-0.1, -0.05) is 0 Å². The molecule has 1 heterocycles. The van der Waals surface area contributed by atoms with Crippen molar-refractivity contribution < 1.29 is 14.3 Å². The average Bonchev–Trinajstić information content (AvgIpc) is 3.02. The minimum Gasteiger partial charge on any atom is -0.494 e. The van der Waals surface area contributed by atoms with Gasteiger partial charge in [-0.25, -0.2) is 0 Å². The molecule has 1 saturated heterocycles. The predicted molar refractivity (Wildman–Crippen MR) is 98.2 cm³/mol. The highest BCUT2D eigenvalue weighted by Gasteiger charge is 2.27. The summed E-state index contributed by atoms with van der Waals surface area (Å²) in [5.74, 6) is 1.91. The van der Waals surface area contributed by atoms with E-state index in [0.717, 1.165) is 43.9 Å². The summed E-state index contributed by atoms with van der Waals surface area (Å²) in [5.41, 5.74) is 0. The number of nitrogens with one attached hydrogen (secondary N) is 1. The highest BCUT2D eigenvalue weighted by molar-refractivity contribution is 5.85.